The maximum absolute atomic E-state index is 14.2. The third-order valence-electron chi connectivity index (χ3n) is 13.1. The third kappa shape index (κ3) is 14.5. The average Bonchev–Trinajstić information content (AvgIpc) is 4.01. The van der Waals surface area contributed by atoms with E-state index in [4.69, 9.17) is 30.5 Å². The molecule has 2 heterocycles. The average molecular weight is 1010 g/mol. The predicted molar refractivity (Wildman–Crippen MR) is 277 cm³/mol. The quantitative estimate of drug-likeness (QED) is 0.0161. The molecule has 0 spiro atoms. The lowest BCUT2D eigenvalue weighted by Crippen LogP contribution is -2.42. The Kier molecular flexibility index (Phi) is 20.2. The molecule has 0 aliphatic carbocycles. The zero-order chi connectivity index (χ0) is 51.7. The molecule has 3 atom stereocenters. The van der Waals surface area contributed by atoms with Crippen LogP contribution in [0.4, 0.5) is 21.0 Å². The van der Waals surface area contributed by atoms with Crippen molar-refractivity contribution >= 4 is 75.3 Å². The Labute approximate surface area is 426 Å². The highest BCUT2D eigenvalue weighted by Gasteiger charge is 2.35. The Hall–Kier alpha value is -6.74. The predicted octanol–water partition coefficient (Wildman–Crippen LogP) is 10.5. The molecule has 4 aromatic carbocycles. The Morgan fingerprint density at radius 3 is 2.32 bits per heavy atom. The molecule has 0 aromatic heterocycles. The topological polar surface area (TPSA) is 187 Å². The van der Waals surface area contributed by atoms with Gasteiger partial charge in [0.1, 0.15) is 25.6 Å². The van der Waals surface area contributed by atoms with Crippen LogP contribution in [-0.4, -0.2) is 97.3 Å². The number of nitrogens with one attached hydrogen (secondary N) is 2. The Morgan fingerprint density at radius 1 is 0.861 bits per heavy atom. The van der Waals surface area contributed by atoms with Crippen LogP contribution in [0, 0.1) is 6.92 Å². The number of alkyl halides is 1. The molecule has 0 unspecified atom stereocenters. The van der Waals surface area contributed by atoms with Crippen LogP contribution >= 0.6 is 11.6 Å². The Balaban J connectivity index is 1.07. The van der Waals surface area contributed by atoms with Crippen LogP contribution in [0.15, 0.2) is 79.4 Å². The van der Waals surface area contributed by atoms with Gasteiger partial charge in [0.15, 0.2) is 11.6 Å². The fourth-order valence-electron chi connectivity index (χ4n) is 9.34. The van der Waals surface area contributed by atoms with Gasteiger partial charge in [-0.1, -0.05) is 87.4 Å². The molecule has 4 amide bonds. The highest BCUT2D eigenvalue weighted by Crippen LogP contribution is 2.44. The lowest BCUT2D eigenvalue weighted by atomic mass is 9.92. The van der Waals surface area contributed by atoms with E-state index in [9.17, 15) is 33.6 Å². The molecule has 2 aliphatic rings. The molecule has 384 valence electrons. The van der Waals surface area contributed by atoms with Crippen LogP contribution < -0.4 is 20.3 Å². The highest BCUT2D eigenvalue weighted by atomic mass is 35.5. The molecule has 6 rings (SSSR count). The van der Waals surface area contributed by atoms with E-state index in [-0.39, 0.29) is 72.8 Å². The fourth-order valence-corrected chi connectivity index (χ4v) is 9.59. The molecule has 4 aromatic rings. The summed E-state index contributed by atoms with van der Waals surface area (Å²) in [6.07, 6.45) is 6.80. The first-order chi connectivity index (χ1) is 34.7. The van der Waals surface area contributed by atoms with E-state index in [1.807, 2.05) is 37.3 Å². The molecule has 0 radical (unpaired) electrons. The number of ether oxygens (including phenoxy) is 4. The van der Waals surface area contributed by atoms with Gasteiger partial charge in [-0.05, 0) is 97.5 Å². The maximum Gasteiger partial charge on any atom is 0.411 e. The first-order valence-corrected chi connectivity index (χ1v) is 25.5. The van der Waals surface area contributed by atoms with Gasteiger partial charge in [-0.3, -0.25) is 29.3 Å². The van der Waals surface area contributed by atoms with Crippen molar-refractivity contribution in [1.82, 2.24) is 10.2 Å². The van der Waals surface area contributed by atoms with Crippen molar-refractivity contribution in [3.63, 3.8) is 0 Å². The summed E-state index contributed by atoms with van der Waals surface area (Å²) in [5.41, 5.74) is 4.77. The van der Waals surface area contributed by atoms with Gasteiger partial charge < -0.3 is 34.1 Å². The van der Waals surface area contributed by atoms with Gasteiger partial charge in [-0.2, -0.15) is 0 Å². The Morgan fingerprint density at radius 2 is 1.61 bits per heavy atom. The fraction of sp³-hybridized carbons (Fsp3) is 0.446. The van der Waals surface area contributed by atoms with E-state index in [2.05, 4.69) is 24.1 Å². The van der Waals surface area contributed by atoms with Crippen LogP contribution in [-0.2, 0) is 41.6 Å². The zero-order valence-corrected chi connectivity index (χ0v) is 42.6. The number of halogens is 1. The number of esters is 1. The summed E-state index contributed by atoms with van der Waals surface area (Å²) >= 11 is 6.44. The van der Waals surface area contributed by atoms with Crippen molar-refractivity contribution in [1.29, 1.82) is 0 Å². The van der Waals surface area contributed by atoms with Crippen LogP contribution in [0.1, 0.15) is 134 Å². The van der Waals surface area contributed by atoms with Gasteiger partial charge in [0.25, 0.3) is 5.91 Å². The number of Topliss-reactive ketones (excluding diaryl/α,β-unsaturated/α-hetero) is 2. The van der Waals surface area contributed by atoms with E-state index in [1.165, 1.54) is 19.9 Å². The van der Waals surface area contributed by atoms with Crippen LogP contribution in [0.25, 0.3) is 10.8 Å². The number of hydrogen-bond donors (Lipinski definition) is 2. The number of unbranched alkanes of at least 4 members (excludes halogenated alkanes) is 4. The first-order valence-electron chi connectivity index (χ1n) is 25.0. The minimum Gasteiger partial charge on any atom is -0.493 e. The number of benzene rings is 4. The molecule has 1 saturated heterocycles. The summed E-state index contributed by atoms with van der Waals surface area (Å²) in [6.45, 7) is 11.5. The van der Waals surface area contributed by atoms with Gasteiger partial charge in [-0.25, -0.2) is 9.59 Å². The molecule has 0 saturated carbocycles. The summed E-state index contributed by atoms with van der Waals surface area (Å²) in [6, 6.07) is 18.9. The molecule has 16 heteroatoms. The van der Waals surface area contributed by atoms with Gasteiger partial charge in [-0.15, -0.1) is 11.6 Å². The van der Waals surface area contributed by atoms with E-state index >= 15 is 0 Å². The number of alkyl carbamates (subject to hydrolysis) is 1. The number of rotatable bonds is 25. The van der Waals surface area contributed by atoms with Crippen LogP contribution in [0.3, 0.4) is 0 Å². The van der Waals surface area contributed by atoms with E-state index in [1.54, 1.807) is 46.2 Å². The van der Waals surface area contributed by atoms with Crippen molar-refractivity contribution in [2.24, 2.45) is 0 Å². The maximum atomic E-state index is 14.2. The minimum atomic E-state index is -0.811. The van der Waals surface area contributed by atoms with Gasteiger partial charge in [0.05, 0.1) is 29.9 Å². The smallest absolute Gasteiger partial charge is 0.411 e. The minimum absolute atomic E-state index is 0.0346. The second-order valence-electron chi connectivity index (χ2n) is 18.5. The highest BCUT2D eigenvalue weighted by molar-refractivity contribution is 6.19. The number of likely N-dealkylation sites (tertiary alicyclic amines) is 1. The Bertz CT molecular complexity index is 2620. The summed E-state index contributed by atoms with van der Waals surface area (Å²) in [5.74, 6) is -0.295. The molecular formula is C56H67ClN4O11. The van der Waals surface area contributed by atoms with Crippen molar-refractivity contribution in [3.8, 4) is 5.75 Å². The van der Waals surface area contributed by atoms with Crippen LogP contribution in [0.5, 0.6) is 5.75 Å². The number of carbonyl (C=O) groups is 7. The molecular weight excluding hydrogens is 940 g/mol. The second-order valence-corrected chi connectivity index (χ2v) is 18.8. The van der Waals surface area contributed by atoms with Crippen molar-refractivity contribution in [3.05, 3.63) is 113 Å². The number of hydrogen-bond acceptors (Lipinski definition) is 11. The number of nitrogens with zero attached hydrogens (tertiary/aromatic N) is 2. The second kappa shape index (κ2) is 26.6. The number of fused-ring (bicyclic) bond motifs is 3. The lowest BCUT2D eigenvalue weighted by molar-refractivity contribution is -0.142. The first kappa shape index (κ1) is 54.6. The van der Waals surface area contributed by atoms with E-state index in [0.29, 0.717) is 86.5 Å². The number of amides is 4. The summed E-state index contributed by atoms with van der Waals surface area (Å²) in [5, 5.41) is 7.25. The molecule has 72 heavy (non-hydrogen) atoms. The monoisotopic (exact) mass is 1010 g/mol. The van der Waals surface area contributed by atoms with Crippen molar-refractivity contribution in [2.75, 3.05) is 49.0 Å². The van der Waals surface area contributed by atoms with Gasteiger partial charge in [0.2, 0.25) is 5.91 Å². The van der Waals surface area contributed by atoms with Crippen molar-refractivity contribution in [2.45, 2.75) is 123 Å². The summed E-state index contributed by atoms with van der Waals surface area (Å²) in [4.78, 5) is 94.6. The zero-order valence-electron chi connectivity index (χ0n) is 41.9. The largest absolute Gasteiger partial charge is 0.493 e. The van der Waals surface area contributed by atoms with Gasteiger partial charge in [0, 0.05) is 62.0 Å². The van der Waals surface area contributed by atoms with Crippen LogP contribution in [0.2, 0.25) is 0 Å². The number of aryl methyl sites for hydroxylation is 1. The number of ketones is 2. The molecule has 2 aliphatic heterocycles. The third-order valence-corrected chi connectivity index (χ3v) is 13.5. The number of carbonyl (C=O) groups excluding carboxylic acids is 7. The molecule has 2 N–H and O–H groups in total. The molecule has 15 nitrogen and oxygen atoms in total. The summed E-state index contributed by atoms with van der Waals surface area (Å²) < 4.78 is 22.2. The van der Waals surface area contributed by atoms with E-state index in [0.717, 1.165) is 53.3 Å². The number of anilines is 2. The van der Waals surface area contributed by atoms with E-state index < -0.39 is 24.2 Å². The van der Waals surface area contributed by atoms with Gasteiger partial charge >= 0.3 is 18.2 Å². The normalized spacial score (nSPS) is 15.3. The standard InChI is InChI=1S/C56H67ClN4O11/c1-6-8-10-19-47(58-55(67)70-26-7-2)50(64)29-39-21-23-40(24-22-39)34-72-56(68)59-48-31-51(36(3)28-46(48)54(66)60-25-15-16-42(60)35-71-38(5)63)69-27-14-9-11-20-52(65)61-33-41(32-57)53-44-18-13-12-17-43(44)45(37(4)62)30-49(53)61/h7,12-13,17-18,21-24,28,30-31,41-42,47H,2,6,8-11,14-16,19-20,25-27,29,32-35H2,1,3-5H3,(H,58,67)(H,59,68)/t41-,42+,47+/m1/s1. The summed E-state index contributed by atoms with van der Waals surface area (Å²) in [7, 11) is 0. The molecule has 1 fully saturated rings. The SMILES string of the molecule is C=CCOC(=O)N[C@@H](CCCCC)C(=O)Cc1ccc(COC(=O)Nc2cc(OCCCCCC(=O)N3C[C@@H](CCl)c4c3cc(C(C)=O)c3ccccc43)c(C)cc2C(=O)N2CCC[C@H]2COC(C)=O)cc1. The molecule has 0 bridgehead atoms. The van der Waals surface area contributed by atoms with Crippen molar-refractivity contribution < 1.29 is 52.5 Å². The lowest BCUT2D eigenvalue weighted by Gasteiger charge is -2.26.